The number of rotatable bonds is 11. The number of ether oxygens (including phenoxy) is 4. The first-order valence-electron chi connectivity index (χ1n) is 13.3. The van der Waals surface area contributed by atoms with Gasteiger partial charge in [0.05, 0.1) is 39.0 Å². The van der Waals surface area contributed by atoms with Gasteiger partial charge in [-0.25, -0.2) is 9.78 Å². The van der Waals surface area contributed by atoms with Crippen LogP contribution in [0.15, 0.2) is 108 Å². The SMILES string of the molecule is O=c1[nH]cnc2c([C@@H]3O[C@H](COCc4ccccc4)[C@@H](OCc4ccccc4)[C@H]3OCc3ccccc3)cnn12. The molecule has 0 saturated carbocycles. The maximum Gasteiger partial charge on any atom is 0.349 e. The average molecular weight is 539 g/mol. The fourth-order valence-electron chi connectivity index (χ4n) is 4.94. The Morgan fingerprint density at radius 3 is 1.98 bits per heavy atom. The summed E-state index contributed by atoms with van der Waals surface area (Å²) in [7, 11) is 0. The van der Waals surface area contributed by atoms with Crippen LogP contribution in [0, 0.1) is 0 Å². The van der Waals surface area contributed by atoms with Crippen LogP contribution >= 0.6 is 0 Å². The van der Waals surface area contributed by atoms with Crippen molar-refractivity contribution >= 4 is 5.65 Å². The molecule has 2 aromatic heterocycles. The molecule has 0 spiro atoms. The van der Waals surface area contributed by atoms with Gasteiger partial charge in [-0.15, -0.1) is 0 Å². The lowest BCUT2D eigenvalue weighted by Gasteiger charge is -2.25. The lowest BCUT2D eigenvalue weighted by atomic mass is 10.0. The van der Waals surface area contributed by atoms with Gasteiger partial charge in [-0.05, 0) is 16.7 Å². The van der Waals surface area contributed by atoms with Crippen molar-refractivity contribution in [3.05, 3.63) is 136 Å². The van der Waals surface area contributed by atoms with E-state index in [0.29, 0.717) is 37.6 Å². The first-order valence-corrected chi connectivity index (χ1v) is 13.3. The highest BCUT2D eigenvalue weighted by molar-refractivity contribution is 5.47. The summed E-state index contributed by atoms with van der Waals surface area (Å²) < 4.78 is 27.0. The number of benzene rings is 3. The van der Waals surface area contributed by atoms with Gasteiger partial charge >= 0.3 is 5.69 Å². The molecule has 0 bridgehead atoms. The number of H-pyrrole nitrogens is 1. The van der Waals surface area contributed by atoms with Crippen LogP contribution in [0.5, 0.6) is 0 Å². The van der Waals surface area contributed by atoms with E-state index in [0.717, 1.165) is 16.7 Å². The molecule has 3 aromatic carbocycles. The van der Waals surface area contributed by atoms with E-state index < -0.39 is 24.4 Å². The second-order valence-electron chi connectivity index (χ2n) is 9.66. The molecule has 9 heteroatoms. The minimum atomic E-state index is -0.582. The van der Waals surface area contributed by atoms with Crippen LogP contribution in [0.4, 0.5) is 0 Å². The van der Waals surface area contributed by atoms with Crippen molar-refractivity contribution in [2.45, 2.75) is 44.2 Å². The molecule has 40 heavy (non-hydrogen) atoms. The van der Waals surface area contributed by atoms with Gasteiger partial charge in [0, 0.05) is 5.56 Å². The van der Waals surface area contributed by atoms with E-state index in [1.807, 2.05) is 91.0 Å². The summed E-state index contributed by atoms with van der Waals surface area (Å²) in [6.45, 7) is 1.49. The zero-order chi connectivity index (χ0) is 27.1. The Morgan fingerprint density at radius 1 is 0.775 bits per heavy atom. The number of fused-ring (bicyclic) bond motifs is 1. The van der Waals surface area contributed by atoms with E-state index in [2.05, 4.69) is 15.1 Å². The normalized spacial score (nSPS) is 20.7. The van der Waals surface area contributed by atoms with E-state index >= 15 is 0 Å². The number of hydrogen-bond acceptors (Lipinski definition) is 7. The quantitative estimate of drug-likeness (QED) is 0.268. The number of nitrogens with one attached hydrogen (secondary N) is 1. The monoisotopic (exact) mass is 538 g/mol. The molecule has 1 saturated heterocycles. The summed E-state index contributed by atoms with van der Waals surface area (Å²) in [6.07, 6.45) is 0.992. The highest BCUT2D eigenvalue weighted by atomic mass is 16.6. The molecule has 5 aromatic rings. The molecule has 9 nitrogen and oxygen atoms in total. The molecule has 1 aliphatic rings. The van der Waals surface area contributed by atoms with Gasteiger partial charge in [0.1, 0.15) is 24.4 Å². The summed E-state index contributed by atoms with van der Waals surface area (Å²) >= 11 is 0. The predicted octanol–water partition coefficient (Wildman–Crippen LogP) is 4.25. The minimum Gasteiger partial charge on any atom is -0.374 e. The third-order valence-corrected chi connectivity index (χ3v) is 6.92. The van der Waals surface area contributed by atoms with Crippen molar-refractivity contribution in [3.8, 4) is 0 Å². The fraction of sp³-hybridized carbons (Fsp3) is 0.258. The van der Waals surface area contributed by atoms with Crippen LogP contribution < -0.4 is 5.69 Å². The minimum absolute atomic E-state index is 0.295. The Hall–Kier alpha value is -4.15. The molecule has 3 heterocycles. The van der Waals surface area contributed by atoms with Crippen LogP contribution in [-0.4, -0.2) is 44.5 Å². The average Bonchev–Trinajstić information content (AvgIpc) is 3.58. The van der Waals surface area contributed by atoms with Crippen molar-refractivity contribution in [2.24, 2.45) is 0 Å². The Balaban J connectivity index is 1.30. The third kappa shape index (κ3) is 5.88. The van der Waals surface area contributed by atoms with Crippen molar-refractivity contribution in [1.29, 1.82) is 0 Å². The lowest BCUT2D eigenvalue weighted by molar-refractivity contribution is -0.0898. The van der Waals surface area contributed by atoms with Crippen molar-refractivity contribution < 1.29 is 18.9 Å². The summed E-state index contributed by atoms with van der Waals surface area (Å²) in [5, 5.41) is 4.26. The standard InChI is InChI=1S/C31H30N4O5/c36-31-33-21-32-30-25(16-34-35(30)31)27-29(39-19-24-14-8-3-9-15-24)28(38-18-23-12-6-2-7-13-23)26(40-27)20-37-17-22-10-4-1-5-11-22/h1-16,21,26-29H,17-20H2,(H,32,33,36)/t26-,27+,28-,29+/m1/s1. The smallest absolute Gasteiger partial charge is 0.349 e. The van der Waals surface area contributed by atoms with Crippen LogP contribution in [-0.2, 0) is 38.8 Å². The van der Waals surface area contributed by atoms with Crippen LogP contribution in [0.25, 0.3) is 5.65 Å². The second kappa shape index (κ2) is 12.4. The molecule has 1 N–H and O–H groups in total. The largest absolute Gasteiger partial charge is 0.374 e. The van der Waals surface area contributed by atoms with Gasteiger partial charge in [-0.1, -0.05) is 91.0 Å². The van der Waals surface area contributed by atoms with E-state index in [1.54, 1.807) is 6.20 Å². The first kappa shape index (κ1) is 26.1. The number of aromatic amines is 1. The molecule has 4 atom stereocenters. The summed E-state index contributed by atoms with van der Waals surface area (Å²) in [6, 6.07) is 29.9. The molecular weight excluding hydrogens is 508 g/mol. The Bertz CT molecular complexity index is 1560. The Kier molecular flexibility index (Phi) is 8.06. The van der Waals surface area contributed by atoms with Crippen LogP contribution in [0.1, 0.15) is 28.4 Å². The molecule has 0 unspecified atom stereocenters. The summed E-state index contributed by atoms with van der Waals surface area (Å²) in [5.41, 5.74) is 3.83. The highest BCUT2D eigenvalue weighted by Gasteiger charge is 2.48. The first-order chi connectivity index (χ1) is 19.8. The number of aromatic nitrogens is 4. The van der Waals surface area contributed by atoms with E-state index in [9.17, 15) is 4.79 Å². The zero-order valence-electron chi connectivity index (χ0n) is 21.8. The van der Waals surface area contributed by atoms with Gasteiger partial charge in [0.25, 0.3) is 0 Å². The fourth-order valence-corrected chi connectivity index (χ4v) is 4.94. The van der Waals surface area contributed by atoms with Gasteiger partial charge in [0.15, 0.2) is 5.65 Å². The molecule has 1 fully saturated rings. The summed E-state index contributed by atoms with van der Waals surface area (Å²) in [5.74, 6) is 0. The topological polar surface area (TPSA) is 100.0 Å². The second-order valence-corrected chi connectivity index (χ2v) is 9.66. The van der Waals surface area contributed by atoms with Crippen molar-refractivity contribution in [2.75, 3.05) is 6.61 Å². The lowest BCUT2D eigenvalue weighted by Crippen LogP contribution is -2.37. The van der Waals surface area contributed by atoms with Crippen LogP contribution in [0.3, 0.4) is 0 Å². The highest BCUT2D eigenvalue weighted by Crippen LogP contribution is 2.39. The van der Waals surface area contributed by atoms with E-state index in [1.165, 1.54) is 10.8 Å². The van der Waals surface area contributed by atoms with Crippen molar-refractivity contribution in [1.82, 2.24) is 19.6 Å². The Labute approximate surface area is 231 Å². The number of nitrogens with zero attached hydrogens (tertiary/aromatic N) is 3. The van der Waals surface area contributed by atoms with Gasteiger partial charge in [-0.2, -0.15) is 9.61 Å². The Morgan fingerprint density at radius 2 is 1.35 bits per heavy atom. The predicted molar refractivity (Wildman–Crippen MR) is 147 cm³/mol. The van der Waals surface area contributed by atoms with E-state index in [4.69, 9.17) is 18.9 Å². The molecule has 0 amide bonds. The summed E-state index contributed by atoms with van der Waals surface area (Å²) in [4.78, 5) is 19.3. The molecular formula is C31H30N4O5. The van der Waals surface area contributed by atoms with Gasteiger partial charge in [-0.3, -0.25) is 4.98 Å². The molecule has 0 aliphatic carbocycles. The molecule has 204 valence electrons. The van der Waals surface area contributed by atoms with Gasteiger partial charge < -0.3 is 18.9 Å². The molecule has 0 radical (unpaired) electrons. The molecule has 1 aliphatic heterocycles. The number of hydrogen-bond donors (Lipinski definition) is 1. The maximum atomic E-state index is 12.4. The van der Waals surface area contributed by atoms with Crippen LogP contribution in [0.2, 0.25) is 0 Å². The third-order valence-electron chi connectivity index (χ3n) is 6.92. The van der Waals surface area contributed by atoms with E-state index in [-0.39, 0.29) is 5.69 Å². The van der Waals surface area contributed by atoms with Gasteiger partial charge in [0.2, 0.25) is 0 Å². The van der Waals surface area contributed by atoms with Crippen molar-refractivity contribution in [3.63, 3.8) is 0 Å². The maximum absolute atomic E-state index is 12.4. The molecule has 6 rings (SSSR count). The zero-order valence-corrected chi connectivity index (χ0v) is 21.8.